The molecule has 3 heteroatoms. The maximum absolute atomic E-state index is 9.72. The first kappa shape index (κ1) is 32.7. The largest absolute Gasteiger partial charge is 0.310 e. The number of aromatic nitrogens is 1. The average Bonchev–Trinajstić information content (AvgIpc) is 3.72. The van der Waals surface area contributed by atoms with Gasteiger partial charge in [0.05, 0.1) is 28.1 Å². The number of para-hydroxylation sites is 2. The molecular formula is C51H37N3. The van der Waals surface area contributed by atoms with Crippen molar-refractivity contribution in [3.8, 4) is 22.9 Å². The minimum absolute atomic E-state index is 0. The van der Waals surface area contributed by atoms with Gasteiger partial charge in [-0.05, 0) is 106 Å². The first-order valence-corrected chi connectivity index (χ1v) is 18.0. The highest BCUT2D eigenvalue weighted by atomic mass is 15.1. The van der Waals surface area contributed by atoms with Crippen molar-refractivity contribution < 1.29 is 0 Å². The van der Waals surface area contributed by atoms with Gasteiger partial charge in [0.1, 0.15) is 0 Å². The SMILES string of the molecule is C.N#Cc1ccc(N(c2ccc3c(c2)C(c2ccccc2)(c2ccccc2)c2ccccc2-3)c2ccc3c(c2)c2ccccc2n3-c2ccccc2)cc1. The standard InChI is InChI=1S/C50H33N3.CH4/c51-34-35-24-26-39(27-25-35)52(40-29-31-49-45(32-40)44-21-11-13-23-48(44)53(49)38-18-8-3-9-19-38)41-28-30-43-42-20-10-12-22-46(42)50(47(43)33-41,36-14-4-1-5-15-36)37-16-6-2-7-17-37;/h1-33H;1H4. The van der Waals surface area contributed by atoms with Crippen LogP contribution >= 0.6 is 0 Å². The number of fused-ring (bicyclic) bond motifs is 6. The smallest absolute Gasteiger partial charge is 0.0991 e. The van der Waals surface area contributed by atoms with Crippen molar-refractivity contribution in [3.63, 3.8) is 0 Å². The topological polar surface area (TPSA) is 32.0 Å². The molecule has 256 valence electrons. The lowest BCUT2D eigenvalue weighted by atomic mass is 9.67. The zero-order chi connectivity index (χ0) is 35.4. The second-order valence-electron chi connectivity index (χ2n) is 13.6. The van der Waals surface area contributed by atoms with Crippen LogP contribution in [0.1, 0.15) is 35.2 Å². The van der Waals surface area contributed by atoms with E-state index < -0.39 is 5.41 Å². The molecule has 10 rings (SSSR count). The molecule has 0 spiro atoms. The predicted octanol–water partition coefficient (Wildman–Crippen LogP) is 13.1. The normalized spacial score (nSPS) is 12.4. The fourth-order valence-corrected chi connectivity index (χ4v) is 8.66. The van der Waals surface area contributed by atoms with Crippen molar-refractivity contribution in [2.24, 2.45) is 0 Å². The maximum atomic E-state index is 9.72. The summed E-state index contributed by atoms with van der Waals surface area (Å²) in [7, 11) is 0. The zero-order valence-corrected chi connectivity index (χ0v) is 28.9. The second-order valence-corrected chi connectivity index (χ2v) is 13.6. The Balaban J connectivity index is 0.00000384. The van der Waals surface area contributed by atoms with E-state index in [0.717, 1.165) is 28.3 Å². The van der Waals surface area contributed by atoms with Gasteiger partial charge in [0.15, 0.2) is 0 Å². The van der Waals surface area contributed by atoms with E-state index in [1.54, 1.807) is 0 Å². The summed E-state index contributed by atoms with van der Waals surface area (Å²) in [6, 6.07) is 73.9. The van der Waals surface area contributed by atoms with Gasteiger partial charge in [-0.2, -0.15) is 5.26 Å². The van der Waals surface area contributed by atoms with Gasteiger partial charge >= 0.3 is 0 Å². The van der Waals surface area contributed by atoms with E-state index in [9.17, 15) is 5.26 Å². The molecule has 0 amide bonds. The van der Waals surface area contributed by atoms with E-state index in [4.69, 9.17) is 0 Å². The Morgan fingerprint density at radius 1 is 0.444 bits per heavy atom. The highest BCUT2D eigenvalue weighted by Gasteiger charge is 2.46. The quantitative estimate of drug-likeness (QED) is 0.174. The van der Waals surface area contributed by atoms with Gasteiger partial charge in [-0.25, -0.2) is 0 Å². The number of anilines is 3. The van der Waals surface area contributed by atoms with Crippen molar-refractivity contribution in [3.05, 3.63) is 228 Å². The number of rotatable bonds is 6. The summed E-state index contributed by atoms with van der Waals surface area (Å²) in [6.07, 6.45) is 0. The molecule has 8 aromatic carbocycles. The van der Waals surface area contributed by atoms with E-state index in [0.29, 0.717) is 5.56 Å². The molecule has 1 aliphatic carbocycles. The molecule has 0 radical (unpaired) electrons. The highest BCUT2D eigenvalue weighted by Crippen LogP contribution is 2.57. The molecule has 0 aliphatic heterocycles. The molecule has 0 saturated carbocycles. The van der Waals surface area contributed by atoms with Crippen molar-refractivity contribution in [1.29, 1.82) is 5.26 Å². The Bertz CT molecular complexity index is 2790. The van der Waals surface area contributed by atoms with Gasteiger partial charge in [-0.3, -0.25) is 0 Å². The minimum atomic E-state index is -0.520. The average molecular weight is 692 g/mol. The molecule has 0 saturated heterocycles. The van der Waals surface area contributed by atoms with Gasteiger partial charge < -0.3 is 9.47 Å². The molecule has 0 atom stereocenters. The highest BCUT2D eigenvalue weighted by molar-refractivity contribution is 6.10. The molecule has 1 heterocycles. The number of hydrogen-bond acceptors (Lipinski definition) is 2. The number of nitrogens with zero attached hydrogens (tertiary/aromatic N) is 3. The first-order valence-electron chi connectivity index (χ1n) is 18.0. The zero-order valence-electron chi connectivity index (χ0n) is 28.9. The van der Waals surface area contributed by atoms with Gasteiger partial charge in [-0.15, -0.1) is 0 Å². The molecule has 3 nitrogen and oxygen atoms in total. The van der Waals surface area contributed by atoms with Crippen molar-refractivity contribution in [1.82, 2.24) is 4.57 Å². The Labute approximate surface area is 316 Å². The van der Waals surface area contributed by atoms with E-state index in [1.165, 1.54) is 49.7 Å². The monoisotopic (exact) mass is 691 g/mol. The molecular weight excluding hydrogens is 655 g/mol. The maximum Gasteiger partial charge on any atom is 0.0991 e. The van der Waals surface area contributed by atoms with E-state index in [1.807, 2.05) is 12.1 Å². The Morgan fingerprint density at radius 3 is 1.69 bits per heavy atom. The summed E-state index contributed by atoms with van der Waals surface area (Å²) in [5.41, 5.74) is 14.1. The van der Waals surface area contributed by atoms with Gasteiger partial charge in [0, 0.05) is 33.5 Å². The van der Waals surface area contributed by atoms with Crippen LogP contribution in [0.5, 0.6) is 0 Å². The summed E-state index contributed by atoms with van der Waals surface area (Å²) in [5.74, 6) is 0. The van der Waals surface area contributed by atoms with Crippen LogP contribution in [0.25, 0.3) is 38.6 Å². The molecule has 9 aromatic rings. The summed E-state index contributed by atoms with van der Waals surface area (Å²) in [6.45, 7) is 0. The molecule has 0 N–H and O–H groups in total. The second kappa shape index (κ2) is 13.1. The third kappa shape index (κ3) is 4.89. The lowest BCUT2D eigenvalue weighted by Crippen LogP contribution is -2.28. The summed E-state index contributed by atoms with van der Waals surface area (Å²) in [5, 5.41) is 12.1. The van der Waals surface area contributed by atoms with Crippen molar-refractivity contribution in [2.45, 2.75) is 12.8 Å². The summed E-state index contributed by atoms with van der Waals surface area (Å²) in [4.78, 5) is 2.33. The number of nitriles is 1. The Morgan fingerprint density at radius 2 is 0.981 bits per heavy atom. The summed E-state index contributed by atoms with van der Waals surface area (Å²) < 4.78 is 2.35. The molecule has 0 unspecified atom stereocenters. The van der Waals surface area contributed by atoms with Crippen LogP contribution in [0.3, 0.4) is 0 Å². The molecule has 0 fully saturated rings. The lowest BCUT2D eigenvalue weighted by molar-refractivity contribution is 0.768. The van der Waals surface area contributed by atoms with Crippen LogP contribution in [0.15, 0.2) is 200 Å². The molecule has 1 aliphatic rings. The van der Waals surface area contributed by atoms with Crippen LogP contribution in [0.4, 0.5) is 17.1 Å². The molecule has 0 bridgehead atoms. The van der Waals surface area contributed by atoms with Crippen molar-refractivity contribution in [2.75, 3.05) is 4.90 Å². The van der Waals surface area contributed by atoms with Gasteiger partial charge in [-0.1, -0.05) is 135 Å². The third-order valence-corrected chi connectivity index (χ3v) is 10.9. The van der Waals surface area contributed by atoms with Crippen molar-refractivity contribution >= 4 is 38.9 Å². The predicted molar refractivity (Wildman–Crippen MR) is 224 cm³/mol. The fourth-order valence-electron chi connectivity index (χ4n) is 8.66. The fraction of sp³-hybridized carbons (Fsp3) is 0.0392. The Kier molecular flexibility index (Phi) is 7.95. The van der Waals surface area contributed by atoms with Crippen LogP contribution in [-0.2, 0) is 5.41 Å². The van der Waals surface area contributed by atoms with Crippen LogP contribution < -0.4 is 4.90 Å². The van der Waals surface area contributed by atoms with E-state index in [-0.39, 0.29) is 7.43 Å². The van der Waals surface area contributed by atoms with Crippen LogP contribution in [0.2, 0.25) is 0 Å². The molecule has 54 heavy (non-hydrogen) atoms. The third-order valence-electron chi connectivity index (χ3n) is 10.9. The van der Waals surface area contributed by atoms with Crippen LogP contribution in [-0.4, -0.2) is 4.57 Å². The first-order chi connectivity index (χ1) is 26.3. The lowest BCUT2D eigenvalue weighted by Gasteiger charge is -2.35. The van der Waals surface area contributed by atoms with Gasteiger partial charge in [0.25, 0.3) is 0 Å². The van der Waals surface area contributed by atoms with Crippen LogP contribution in [0, 0.1) is 11.3 Å². The van der Waals surface area contributed by atoms with E-state index >= 15 is 0 Å². The number of hydrogen-bond donors (Lipinski definition) is 0. The molecule has 1 aromatic heterocycles. The number of benzene rings is 8. The van der Waals surface area contributed by atoms with Gasteiger partial charge in [0.2, 0.25) is 0 Å². The van der Waals surface area contributed by atoms with E-state index in [2.05, 4.69) is 204 Å². The Hall–Kier alpha value is -7.15. The summed E-state index contributed by atoms with van der Waals surface area (Å²) >= 11 is 0. The minimum Gasteiger partial charge on any atom is -0.310 e.